The van der Waals surface area contributed by atoms with E-state index >= 15 is 0 Å². The quantitative estimate of drug-likeness (QED) is 0.705. The maximum atomic E-state index is 12.2. The number of hydrogen-bond acceptors (Lipinski definition) is 2. The zero-order valence-corrected chi connectivity index (χ0v) is 14.9. The van der Waals surface area contributed by atoms with Crippen LogP contribution in [0.2, 0.25) is 15.1 Å². The number of anilines is 1. The van der Waals surface area contributed by atoms with Crippen LogP contribution in [-0.2, 0) is 10.5 Å². The van der Waals surface area contributed by atoms with Crippen molar-refractivity contribution in [1.82, 2.24) is 0 Å². The molecule has 0 radical (unpaired) electrons. The molecule has 0 aliphatic heterocycles. The maximum Gasteiger partial charge on any atom is 0.237 e. The van der Waals surface area contributed by atoms with Gasteiger partial charge in [-0.1, -0.05) is 53.0 Å². The summed E-state index contributed by atoms with van der Waals surface area (Å²) in [7, 11) is 0. The van der Waals surface area contributed by atoms with E-state index < -0.39 is 0 Å². The van der Waals surface area contributed by atoms with E-state index in [1.54, 1.807) is 18.2 Å². The van der Waals surface area contributed by atoms with Crippen molar-refractivity contribution < 1.29 is 4.79 Å². The van der Waals surface area contributed by atoms with Gasteiger partial charge >= 0.3 is 0 Å². The van der Waals surface area contributed by atoms with Crippen molar-refractivity contribution in [3.8, 4) is 0 Å². The monoisotopic (exact) mass is 373 g/mol. The average molecular weight is 375 g/mol. The number of carbonyl (C=O) groups is 1. The molecule has 0 heterocycles. The summed E-state index contributed by atoms with van der Waals surface area (Å²) in [4.78, 5) is 12.2. The second kappa shape index (κ2) is 8.11. The van der Waals surface area contributed by atoms with Crippen LogP contribution in [0.4, 0.5) is 5.69 Å². The molecule has 1 amide bonds. The van der Waals surface area contributed by atoms with Gasteiger partial charge in [0.15, 0.2) is 0 Å². The second-order valence-corrected chi connectivity index (χ2v) is 7.25. The summed E-state index contributed by atoms with van der Waals surface area (Å²) in [6.07, 6.45) is 0. The molecule has 0 fully saturated rings. The van der Waals surface area contributed by atoms with Gasteiger partial charge in [-0.05, 0) is 36.8 Å². The Morgan fingerprint density at radius 2 is 1.68 bits per heavy atom. The van der Waals surface area contributed by atoms with Crippen molar-refractivity contribution in [3.05, 3.63) is 63.1 Å². The highest BCUT2D eigenvalue weighted by Gasteiger charge is 2.16. The zero-order valence-electron chi connectivity index (χ0n) is 11.8. The van der Waals surface area contributed by atoms with E-state index in [9.17, 15) is 4.79 Å². The summed E-state index contributed by atoms with van der Waals surface area (Å²) in [5, 5.41) is 4.10. The van der Waals surface area contributed by atoms with E-state index in [4.69, 9.17) is 34.8 Å². The number of hydrogen-bond donors (Lipinski definition) is 1. The molecule has 6 heteroatoms. The van der Waals surface area contributed by atoms with Crippen LogP contribution >= 0.6 is 46.6 Å². The summed E-state index contributed by atoms with van der Waals surface area (Å²) >= 11 is 19.5. The third-order valence-corrected chi connectivity index (χ3v) is 5.09. The molecule has 0 bridgehead atoms. The van der Waals surface area contributed by atoms with Crippen LogP contribution in [0.15, 0.2) is 42.5 Å². The molecule has 1 unspecified atom stereocenters. The van der Waals surface area contributed by atoms with Gasteiger partial charge in [-0.3, -0.25) is 4.79 Å². The Morgan fingerprint density at radius 3 is 2.27 bits per heavy atom. The van der Waals surface area contributed by atoms with Crippen molar-refractivity contribution in [2.75, 3.05) is 5.32 Å². The van der Waals surface area contributed by atoms with Gasteiger partial charge in [-0.25, -0.2) is 0 Å². The largest absolute Gasteiger partial charge is 0.323 e. The van der Waals surface area contributed by atoms with Gasteiger partial charge in [-0.2, -0.15) is 0 Å². The Morgan fingerprint density at radius 1 is 1.09 bits per heavy atom. The van der Waals surface area contributed by atoms with E-state index in [2.05, 4.69) is 5.32 Å². The standard InChI is InChI=1S/C16H14Cl3NOS/c1-10(22-9-11-5-7-12(17)8-6-11)16(21)20-15-13(18)3-2-4-14(15)19/h2-8,10H,9H2,1H3,(H,20,21). The molecular formula is C16H14Cl3NOS. The second-order valence-electron chi connectivity index (χ2n) is 4.67. The molecule has 0 spiro atoms. The lowest BCUT2D eigenvalue weighted by Crippen LogP contribution is -2.23. The Bertz CT molecular complexity index is 641. The molecule has 2 rings (SSSR count). The van der Waals surface area contributed by atoms with E-state index in [0.717, 1.165) is 11.3 Å². The SMILES string of the molecule is CC(SCc1ccc(Cl)cc1)C(=O)Nc1c(Cl)cccc1Cl. The van der Waals surface area contributed by atoms with Gasteiger partial charge in [0.25, 0.3) is 0 Å². The van der Waals surface area contributed by atoms with Gasteiger partial charge in [0, 0.05) is 10.8 Å². The first kappa shape index (κ1) is 17.5. The predicted octanol–water partition coefficient (Wildman–Crippen LogP) is 5.91. The third kappa shape index (κ3) is 4.82. The first-order valence-electron chi connectivity index (χ1n) is 6.58. The molecule has 1 N–H and O–H groups in total. The topological polar surface area (TPSA) is 29.1 Å². The molecule has 0 saturated heterocycles. The normalized spacial score (nSPS) is 12.0. The van der Waals surface area contributed by atoms with Crippen molar-refractivity contribution in [1.29, 1.82) is 0 Å². The average Bonchev–Trinajstić information content (AvgIpc) is 2.50. The van der Waals surface area contributed by atoms with Gasteiger partial charge in [0.05, 0.1) is 21.0 Å². The number of rotatable bonds is 5. The molecule has 0 saturated carbocycles. The van der Waals surface area contributed by atoms with Crippen molar-refractivity contribution >= 4 is 58.2 Å². The molecule has 116 valence electrons. The van der Waals surface area contributed by atoms with Gasteiger partial charge in [0.2, 0.25) is 5.91 Å². The molecule has 0 aliphatic rings. The van der Waals surface area contributed by atoms with E-state index in [1.165, 1.54) is 11.8 Å². The van der Waals surface area contributed by atoms with Crippen LogP contribution in [-0.4, -0.2) is 11.2 Å². The van der Waals surface area contributed by atoms with Crippen LogP contribution < -0.4 is 5.32 Å². The molecule has 2 nitrogen and oxygen atoms in total. The number of amides is 1. The fraction of sp³-hybridized carbons (Fsp3) is 0.188. The molecule has 0 aliphatic carbocycles. The van der Waals surface area contributed by atoms with E-state index in [1.807, 2.05) is 31.2 Å². The Hall–Kier alpha value is -0.870. The number of nitrogens with one attached hydrogen (secondary N) is 1. The van der Waals surface area contributed by atoms with Crippen LogP contribution in [0, 0.1) is 0 Å². The van der Waals surface area contributed by atoms with E-state index in [0.29, 0.717) is 20.8 Å². The van der Waals surface area contributed by atoms with Crippen molar-refractivity contribution in [3.63, 3.8) is 0 Å². The molecule has 22 heavy (non-hydrogen) atoms. The number of thioether (sulfide) groups is 1. The smallest absolute Gasteiger partial charge is 0.237 e. The number of carbonyl (C=O) groups excluding carboxylic acids is 1. The van der Waals surface area contributed by atoms with Gasteiger partial charge in [-0.15, -0.1) is 11.8 Å². The summed E-state index contributed by atoms with van der Waals surface area (Å²) in [6, 6.07) is 12.7. The summed E-state index contributed by atoms with van der Waals surface area (Å²) in [5.41, 5.74) is 1.57. The lowest BCUT2D eigenvalue weighted by Gasteiger charge is -2.14. The van der Waals surface area contributed by atoms with Crippen molar-refractivity contribution in [2.24, 2.45) is 0 Å². The van der Waals surface area contributed by atoms with E-state index in [-0.39, 0.29) is 11.2 Å². The number of para-hydroxylation sites is 1. The minimum atomic E-state index is -0.233. The Balaban J connectivity index is 1.93. The summed E-state index contributed by atoms with van der Waals surface area (Å²) in [5.74, 6) is 0.594. The third-order valence-electron chi connectivity index (χ3n) is 2.99. The lowest BCUT2D eigenvalue weighted by molar-refractivity contribution is -0.115. The Kier molecular flexibility index (Phi) is 6.45. The van der Waals surface area contributed by atoms with Crippen LogP contribution in [0.3, 0.4) is 0 Å². The van der Waals surface area contributed by atoms with Crippen LogP contribution in [0.5, 0.6) is 0 Å². The fourth-order valence-electron chi connectivity index (χ4n) is 1.72. The molecule has 0 aromatic heterocycles. The summed E-state index contributed by atoms with van der Waals surface area (Å²) < 4.78 is 0. The minimum Gasteiger partial charge on any atom is -0.323 e. The van der Waals surface area contributed by atoms with Crippen molar-refractivity contribution in [2.45, 2.75) is 17.9 Å². The number of halogens is 3. The molecule has 1 atom stereocenters. The first-order valence-corrected chi connectivity index (χ1v) is 8.76. The zero-order chi connectivity index (χ0) is 16.1. The van der Waals surface area contributed by atoms with Gasteiger partial charge in [0.1, 0.15) is 0 Å². The molecule has 2 aromatic rings. The highest BCUT2D eigenvalue weighted by atomic mass is 35.5. The van der Waals surface area contributed by atoms with Crippen LogP contribution in [0.1, 0.15) is 12.5 Å². The predicted molar refractivity (Wildman–Crippen MR) is 97.3 cm³/mol. The highest BCUT2D eigenvalue weighted by molar-refractivity contribution is 7.99. The Labute approximate surface area is 149 Å². The fourth-order valence-corrected chi connectivity index (χ4v) is 3.18. The first-order chi connectivity index (χ1) is 10.5. The highest BCUT2D eigenvalue weighted by Crippen LogP contribution is 2.30. The van der Waals surface area contributed by atoms with Gasteiger partial charge < -0.3 is 5.32 Å². The number of benzene rings is 2. The molecular weight excluding hydrogens is 361 g/mol. The minimum absolute atomic E-state index is 0.131. The lowest BCUT2D eigenvalue weighted by atomic mass is 10.2. The van der Waals surface area contributed by atoms with Crippen LogP contribution in [0.25, 0.3) is 0 Å². The maximum absolute atomic E-state index is 12.2. The summed E-state index contributed by atoms with van der Waals surface area (Å²) in [6.45, 7) is 1.85. The molecule has 2 aromatic carbocycles.